The summed E-state index contributed by atoms with van der Waals surface area (Å²) in [6, 6.07) is 0. The van der Waals surface area contributed by atoms with Gasteiger partial charge in [0.05, 0.1) is 13.0 Å². The summed E-state index contributed by atoms with van der Waals surface area (Å²) < 4.78 is 9.65. The van der Waals surface area contributed by atoms with Crippen LogP contribution in [0.5, 0.6) is 0 Å². The minimum Gasteiger partial charge on any atom is -0.466 e. The SMILES string of the molecule is CCOC(=O)CCC(=O)CC(C)COC. The number of carbonyl (C=O) groups excluding carboxylic acids is 2. The highest BCUT2D eigenvalue weighted by Gasteiger charge is 2.11. The maximum absolute atomic E-state index is 11.4. The first-order valence-corrected chi connectivity index (χ1v) is 5.26. The summed E-state index contributed by atoms with van der Waals surface area (Å²) in [4.78, 5) is 22.3. The Morgan fingerprint density at radius 1 is 1.27 bits per heavy atom. The Kier molecular flexibility index (Phi) is 7.91. The molecule has 0 N–H and O–H groups in total. The Morgan fingerprint density at radius 2 is 1.93 bits per heavy atom. The molecule has 15 heavy (non-hydrogen) atoms. The van der Waals surface area contributed by atoms with Gasteiger partial charge in [-0.05, 0) is 12.8 Å². The van der Waals surface area contributed by atoms with E-state index >= 15 is 0 Å². The van der Waals surface area contributed by atoms with Crippen molar-refractivity contribution in [3.05, 3.63) is 0 Å². The Balaban J connectivity index is 3.61. The van der Waals surface area contributed by atoms with Crippen LogP contribution < -0.4 is 0 Å². The van der Waals surface area contributed by atoms with Crippen LogP contribution in [-0.2, 0) is 19.1 Å². The van der Waals surface area contributed by atoms with Crippen LogP contribution >= 0.6 is 0 Å². The summed E-state index contributed by atoms with van der Waals surface area (Å²) in [6.45, 7) is 4.64. The molecule has 0 radical (unpaired) electrons. The highest BCUT2D eigenvalue weighted by Crippen LogP contribution is 2.06. The van der Waals surface area contributed by atoms with E-state index in [0.29, 0.717) is 19.6 Å². The first kappa shape index (κ1) is 14.1. The first-order valence-electron chi connectivity index (χ1n) is 5.26. The van der Waals surface area contributed by atoms with Gasteiger partial charge in [-0.2, -0.15) is 0 Å². The molecule has 0 spiro atoms. The molecule has 0 rings (SSSR count). The van der Waals surface area contributed by atoms with Crippen molar-refractivity contribution in [2.45, 2.75) is 33.1 Å². The number of ether oxygens (including phenoxy) is 2. The molecular formula is C11H20O4. The van der Waals surface area contributed by atoms with Gasteiger partial charge in [-0.15, -0.1) is 0 Å². The Morgan fingerprint density at radius 3 is 2.47 bits per heavy atom. The fourth-order valence-electron chi connectivity index (χ4n) is 1.31. The molecule has 0 saturated heterocycles. The standard InChI is InChI=1S/C11H20O4/c1-4-15-11(13)6-5-10(12)7-9(2)8-14-3/h9H,4-8H2,1-3H3. The molecule has 0 bridgehead atoms. The number of hydrogen-bond acceptors (Lipinski definition) is 4. The topological polar surface area (TPSA) is 52.6 Å². The van der Waals surface area contributed by atoms with Crippen LogP contribution in [0.25, 0.3) is 0 Å². The zero-order valence-corrected chi connectivity index (χ0v) is 9.75. The van der Waals surface area contributed by atoms with Crippen LogP contribution in [0.2, 0.25) is 0 Å². The third-order valence-corrected chi connectivity index (χ3v) is 1.94. The molecule has 88 valence electrons. The average Bonchev–Trinajstić information content (AvgIpc) is 2.15. The van der Waals surface area contributed by atoms with Crippen LogP contribution in [0.3, 0.4) is 0 Å². The second-order valence-electron chi connectivity index (χ2n) is 3.61. The summed E-state index contributed by atoms with van der Waals surface area (Å²) in [7, 11) is 1.61. The molecule has 0 aliphatic heterocycles. The van der Waals surface area contributed by atoms with Gasteiger partial charge in [0, 0.05) is 26.6 Å². The number of Topliss-reactive ketones (excluding diaryl/α,β-unsaturated/α-hetero) is 1. The molecule has 0 amide bonds. The predicted molar refractivity (Wildman–Crippen MR) is 56.5 cm³/mol. The molecule has 0 aromatic carbocycles. The van der Waals surface area contributed by atoms with Gasteiger partial charge in [-0.25, -0.2) is 0 Å². The minimum absolute atomic E-state index is 0.0904. The zero-order chi connectivity index (χ0) is 11.7. The lowest BCUT2D eigenvalue weighted by atomic mass is 10.0. The molecule has 0 aromatic heterocycles. The van der Waals surface area contributed by atoms with E-state index in [1.54, 1.807) is 14.0 Å². The van der Waals surface area contributed by atoms with Gasteiger partial charge in [0.2, 0.25) is 0 Å². The van der Waals surface area contributed by atoms with Gasteiger partial charge >= 0.3 is 5.97 Å². The Bertz CT molecular complexity index is 201. The van der Waals surface area contributed by atoms with E-state index in [-0.39, 0.29) is 30.5 Å². The smallest absolute Gasteiger partial charge is 0.306 e. The van der Waals surface area contributed by atoms with Crippen molar-refractivity contribution in [2.24, 2.45) is 5.92 Å². The van der Waals surface area contributed by atoms with E-state index in [1.165, 1.54) is 0 Å². The summed E-state index contributed by atoms with van der Waals surface area (Å²) in [5.74, 6) is 0.00235. The quantitative estimate of drug-likeness (QED) is 0.578. The Labute approximate surface area is 90.9 Å². The molecule has 4 nitrogen and oxygen atoms in total. The number of rotatable bonds is 8. The minimum atomic E-state index is -0.301. The maximum Gasteiger partial charge on any atom is 0.306 e. The monoisotopic (exact) mass is 216 g/mol. The van der Waals surface area contributed by atoms with E-state index in [1.807, 2.05) is 6.92 Å². The first-order chi connectivity index (χ1) is 7.10. The second-order valence-corrected chi connectivity index (χ2v) is 3.61. The molecule has 0 saturated carbocycles. The van der Waals surface area contributed by atoms with Crippen molar-refractivity contribution in [2.75, 3.05) is 20.3 Å². The number of methoxy groups -OCH3 is 1. The van der Waals surface area contributed by atoms with E-state index in [0.717, 1.165) is 0 Å². The summed E-state index contributed by atoms with van der Waals surface area (Å²) in [5, 5.41) is 0. The van der Waals surface area contributed by atoms with E-state index < -0.39 is 0 Å². The fraction of sp³-hybridized carbons (Fsp3) is 0.818. The molecular weight excluding hydrogens is 196 g/mol. The molecule has 4 heteroatoms. The van der Waals surface area contributed by atoms with Crippen LogP contribution in [0.15, 0.2) is 0 Å². The number of esters is 1. The summed E-state index contributed by atoms with van der Waals surface area (Å²) in [6.07, 6.45) is 0.923. The molecule has 0 aromatic rings. The van der Waals surface area contributed by atoms with Crippen LogP contribution in [0, 0.1) is 5.92 Å². The van der Waals surface area contributed by atoms with Gasteiger partial charge < -0.3 is 9.47 Å². The van der Waals surface area contributed by atoms with Crippen LogP contribution in [0.4, 0.5) is 0 Å². The third kappa shape index (κ3) is 8.12. The van der Waals surface area contributed by atoms with Crippen molar-refractivity contribution in [1.29, 1.82) is 0 Å². The van der Waals surface area contributed by atoms with Gasteiger partial charge in [-0.1, -0.05) is 6.92 Å². The van der Waals surface area contributed by atoms with Crippen molar-refractivity contribution in [3.8, 4) is 0 Å². The van der Waals surface area contributed by atoms with Gasteiger partial charge in [0.15, 0.2) is 0 Å². The third-order valence-electron chi connectivity index (χ3n) is 1.94. The summed E-state index contributed by atoms with van der Waals surface area (Å²) >= 11 is 0. The van der Waals surface area contributed by atoms with Gasteiger partial charge in [0.1, 0.15) is 5.78 Å². The zero-order valence-electron chi connectivity index (χ0n) is 9.75. The molecule has 0 fully saturated rings. The van der Waals surface area contributed by atoms with Crippen molar-refractivity contribution in [1.82, 2.24) is 0 Å². The molecule has 0 aliphatic rings. The van der Waals surface area contributed by atoms with E-state index in [4.69, 9.17) is 9.47 Å². The highest BCUT2D eigenvalue weighted by atomic mass is 16.5. The maximum atomic E-state index is 11.4. The van der Waals surface area contributed by atoms with Crippen molar-refractivity contribution >= 4 is 11.8 Å². The van der Waals surface area contributed by atoms with E-state index in [2.05, 4.69) is 0 Å². The number of ketones is 1. The van der Waals surface area contributed by atoms with E-state index in [9.17, 15) is 9.59 Å². The average molecular weight is 216 g/mol. The Hall–Kier alpha value is -0.900. The molecule has 1 unspecified atom stereocenters. The molecule has 1 atom stereocenters. The van der Waals surface area contributed by atoms with Gasteiger partial charge in [0.25, 0.3) is 0 Å². The lowest BCUT2D eigenvalue weighted by Gasteiger charge is -2.08. The largest absolute Gasteiger partial charge is 0.466 e. The lowest BCUT2D eigenvalue weighted by molar-refractivity contribution is -0.144. The second kappa shape index (κ2) is 8.41. The number of hydrogen-bond donors (Lipinski definition) is 0. The lowest BCUT2D eigenvalue weighted by Crippen LogP contribution is -2.12. The molecule has 0 aliphatic carbocycles. The summed E-state index contributed by atoms with van der Waals surface area (Å²) in [5.41, 5.74) is 0. The van der Waals surface area contributed by atoms with Crippen molar-refractivity contribution < 1.29 is 19.1 Å². The van der Waals surface area contributed by atoms with Gasteiger partial charge in [-0.3, -0.25) is 9.59 Å². The van der Waals surface area contributed by atoms with Crippen molar-refractivity contribution in [3.63, 3.8) is 0 Å². The fourth-order valence-corrected chi connectivity index (χ4v) is 1.31. The molecule has 0 heterocycles. The predicted octanol–water partition coefficient (Wildman–Crippen LogP) is 1.57. The van der Waals surface area contributed by atoms with Crippen LogP contribution in [0.1, 0.15) is 33.1 Å². The highest BCUT2D eigenvalue weighted by molar-refractivity contribution is 5.83. The normalized spacial score (nSPS) is 12.2. The van der Waals surface area contributed by atoms with Crippen LogP contribution in [-0.4, -0.2) is 32.1 Å². The number of carbonyl (C=O) groups is 2.